The Morgan fingerprint density at radius 3 is 2.44 bits per heavy atom. The lowest BCUT2D eigenvalue weighted by molar-refractivity contribution is -0.137. The second kappa shape index (κ2) is 6.60. The molecule has 0 saturated carbocycles. The lowest BCUT2D eigenvalue weighted by Crippen LogP contribution is -2.52. The molecule has 16 heavy (non-hydrogen) atoms. The van der Waals surface area contributed by atoms with Gasteiger partial charge < -0.3 is 14.4 Å². The molecule has 1 aliphatic rings. The van der Waals surface area contributed by atoms with Crippen LogP contribution in [-0.2, 0) is 14.3 Å². The molecule has 0 radical (unpaired) electrons. The third-order valence-corrected chi connectivity index (χ3v) is 2.98. The average molecular weight is 228 g/mol. The van der Waals surface area contributed by atoms with Crippen molar-refractivity contribution >= 4 is 12.2 Å². The van der Waals surface area contributed by atoms with E-state index in [1.807, 2.05) is 6.92 Å². The van der Waals surface area contributed by atoms with E-state index in [2.05, 4.69) is 4.90 Å². The standard InChI is InChI=1S/C11H20N2O3/c1-3-10(8-14)12-4-6-13(7-5-12)11(15)9-16-2/h8,10H,3-7,9H2,1-2H3. The highest BCUT2D eigenvalue weighted by Crippen LogP contribution is 2.07. The van der Waals surface area contributed by atoms with E-state index in [9.17, 15) is 9.59 Å². The van der Waals surface area contributed by atoms with Crippen molar-refractivity contribution in [3.63, 3.8) is 0 Å². The Bertz CT molecular complexity index is 237. The van der Waals surface area contributed by atoms with E-state index >= 15 is 0 Å². The van der Waals surface area contributed by atoms with E-state index < -0.39 is 0 Å². The van der Waals surface area contributed by atoms with E-state index in [1.165, 1.54) is 7.11 Å². The Morgan fingerprint density at radius 2 is 2.00 bits per heavy atom. The van der Waals surface area contributed by atoms with Crippen LogP contribution in [0.1, 0.15) is 13.3 Å². The first kappa shape index (κ1) is 13.1. The van der Waals surface area contributed by atoms with E-state index in [-0.39, 0.29) is 18.6 Å². The normalized spacial score (nSPS) is 19.5. The summed E-state index contributed by atoms with van der Waals surface area (Å²) in [6.07, 6.45) is 1.82. The largest absolute Gasteiger partial charge is 0.375 e. The number of carbonyl (C=O) groups excluding carboxylic acids is 2. The lowest BCUT2D eigenvalue weighted by atomic mass is 10.2. The second-order valence-corrected chi connectivity index (χ2v) is 3.96. The molecule has 1 rings (SSSR count). The van der Waals surface area contributed by atoms with Crippen molar-refractivity contribution in [2.24, 2.45) is 0 Å². The van der Waals surface area contributed by atoms with E-state index in [1.54, 1.807) is 4.90 Å². The van der Waals surface area contributed by atoms with Gasteiger partial charge in [-0.3, -0.25) is 9.69 Å². The maximum Gasteiger partial charge on any atom is 0.248 e. The van der Waals surface area contributed by atoms with Crippen molar-refractivity contribution in [2.75, 3.05) is 39.9 Å². The van der Waals surface area contributed by atoms with Crippen LogP contribution in [0.4, 0.5) is 0 Å². The van der Waals surface area contributed by atoms with Gasteiger partial charge in [-0.2, -0.15) is 0 Å². The van der Waals surface area contributed by atoms with Crippen LogP contribution in [0.15, 0.2) is 0 Å². The van der Waals surface area contributed by atoms with E-state index in [4.69, 9.17) is 4.74 Å². The number of ether oxygens (including phenoxy) is 1. The second-order valence-electron chi connectivity index (χ2n) is 3.96. The van der Waals surface area contributed by atoms with Gasteiger partial charge in [0, 0.05) is 33.3 Å². The highest BCUT2D eigenvalue weighted by Gasteiger charge is 2.24. The van der Waals surface area contributed by atoms with E-state index in [0.717, 1.165) is 25.8 Å². The number of piperazine rings is 1. The molecule has 5 heteroatoms. The predicted molar refractivity (Wildman–Crippen MR) is 60.2 cm³/mol. The molecule has 0 spiro atoms. The first-order valence-corrected chi connectivity index (χ1v) is 5.69. The molecule has 1 amide bonds. The number of hydrogen-bond donors (Lipinski definition) is 0. The van der Waals surface area contributed by atoms with Crippen molar-refractivity contribution in [2.45, 2.75) is 19.4 Å². The maximum absolute atomic E-state index is 11.5. The highest BCUT2D eigenvalue weighted by molar-refractivity contribution is 5.77. The zero-order chi connectivity index (χ0) is 12.0. The smallest absolute Gasteiger partial charge is 0.248 e. The van der Waals surface area contributed by atoms with Crippen LogP contribution < -0.4 is 0 Å². The summed E-state index contributed by atoms with van der Waals surface area (Å²) < 4.78 is 4.81. The Labute approximate surface area is 96.3 Å². The molecule has 1 unspecified atom stereocenters. The molecule has 0 aliphatic carbocycles. The number of hydrogen-bond acceptors (Lipinski definition) is 4. The summed E-state index contributed by atoms with van der Waals surface area (Å²) in [6, 6.07) is -0.000299. The number of rotatable bonds is 5. The average Bonchev–Trinajstić information content (AvgIpc) is 2.32. The molecule has 1 atom stereocenters. The molecule has 0 aromatic rings. The zero-order valence-corrected chi connectivity index (χ0v) is 10.0. The molecule has 0 bridgehead atoms. The van der Waals surface area contributed by atoms with Crippen molar-refractivity contribution in [3.05, 3.63) is 0 Å². The molecule has 0 aromatic heterocycles. The van der Waals surface area contributed by atoms with Crippen LogP contribution in [0.25, 0.3) is 0 Å². The summed E-state index contributed by atoms with van der Waals surface area (Å²) in [6.45, 7) is 5.06. The Hall–Kier alpha value is -0.940. The quantitative estimate of drug-likeness (QED) is 0.609. The van der Waals surface area contributed by atoms with Crippen LogP contribution in [0, 0.1) is 0 Å². The molecular weight excluding hydrogens is 208 g/mol. The number of amides is 1. The monoisotopic (exact) mass is 228 g/mol. The molecule has 0 aromatic carbocycles. The lowest BCUT2D eigenvalue weighted by Gasteiger charge is -2.37. The van der Waals surface area contributed by atoms with Gasteiger partial charge in [0.2, 0.25) is 5.91 Å². The van der Waals surface area contributed by atoms with Gasteiger partial charge in [-0.15, -0.1) is 0 Å². The fourth-order valence-electron chi connectivity index (χ4n) is 1.96. The van der Waals surface area contributed by atoms with Gasteiger partial charge in [-0.25, -0.2) is 0 Å². The Balaban J connectivity index is 2.38. The number of methoxy groups -OCH3 is 1. The van der Waals surface area contributed by atoms with Gasteiger partial charge in [-0.05, 0) is 6.42 Å². The summed E-state index contributed by atoms with van der Waals surface area (Å²) >= 11 is 0. The topological polar surface area (TPSA) is 49.9 Å². The minimum atomic E-state index is -0.000299. The third kappa shape index (κ3) is 3.28. The third-order valence-electron chi connectivity index (χ3n) is 2.98. The molecule has 5 nitrogen and oxygen atoms in total. The summed E-state index contributed by atoms with van der Waals surface area (Å²) in [5.41, 5.74) is 0. The summed E-state index contributed by atoms with van der Waals surface area (Å²) in [4.78, 5) is 26.3. The van der Waals surface area contributed by atoms with Gasteiger partial charge >= 0.3 is 0 Å². The highest BCUT2D eigenvalue weighted by atomic mass is 16.5. The van der Waals surface area contributed by atoms with Crippen molar-refractivity contribution in [1.82, 2.24) is 9.80 Å². The molecule has 1 fully saturated rings. The maximum atomic E-state index is 11.5. The summed E-state index contributed by atoms with van der Waals surface area (Å²) in [5, 5.41) is 0. The Morgan fingerprint density at radius 1 is 1.38 bits per heavy atom. The number of aldehydes is 1. The van der Waals surface area contributed by atoms with Gasteiger partial charge in [0.1, 0.15) is 12.9 Å². The minimum Gasteiger partial charge on any atom is -0.375 e. The zero-order valence-electron chi connectivity index (χ0n) is 10.0. The van der Waals surface area contributed by atoms with Gasteiger partial charge in [0.15, 0.2) is 0 Å². The first-order valence-electron chi connectivity index (χ1n) is 5.69. The predicted octanol–water partition coefficient (Wildman–Crippen LogP) is -0.245. The van der Waals surface area contributed by atoms with Crippen LogP contribution in [0.3, 0.4) is 0 Å². The van der Waals surface area contributed by atoms with Crippen molar-refractivity contribution in [1.29, 1.82) is 0 Å². The molecule has 1 heterocycles. The first-order chi connectivity index (χ1) is 7.72. The molecular formula is C11H20N2O3. The van der Waals surface area contributed by atoms with Gasteiger partial charge in [-0.1, -0.05) is 6.92 Å². The number of carbonyl (C=O) groups is 2. The minimum absolute atomic E-state index is 0.000299. The fraction of sp³-hybridized carbons (Fsp3) is 0.818. The van der Waals surface area contributed by atoms with Crippen LogP contribution in [0.2, 0.25) is 0 Å². The molecule has 0 N–H and O–H groups in total. The van der Waals surface area contributed by atoms with Crippen molar-refractivity contribution in [3.8, 4) is 0 Å². The van der Waals surface area contributed by atoms with Gasteiger partial charge in [0.25, 0.3) is 0 Å². The van der Waals surface area contributed by atoms with Crippen LogP contribution in [0.5, 0.6) is 0 Å². The summed E-state index contributed by atoms with van der Waals surface area (Å²) in [5.74, 6) is 0.0290. The van der Waals surface area contributed by atoms with Crippen LogP contribution >= 0.6 is 0 Å². The summed E-state index contributed by atoms with van der Waals surface area (Å²) in [7, 11) is 1.52. The SMILES string of the molecule is CCC(C=O)N1CCN(C(=O)COC)CC1. The van der Waals surface area contributed by atoms with Gasteiger partial charge in [0.05, 0.1) is 6.04 Å². The molecule has 1 aliphatic heterocycles. The van der Waals surface area contributed by atoms with Crippen LogP contribution in [-0.4, -0.2) is 67.9 Å². The number of nitrogens with zero attached hydrogens (tertiary/aromatic N) is 2. The Kier molecular flexibility index (Phi) is 5.42. The fourth-order valence-corrected chi connectivity index (χ4v) is 1.96. The molecule has 92 valence electrons. The molecule has 1 saturated heterocycles. The van der Waals surface area contributed by atoms with E-state index in [0.29, 0.717) is 13.1 Å². The van der Waals surface area contributed by atoms with Crippen molar-refractivity contribution < 1.29 is 14.3 Å².